The summed E-state index contributed by atoms with van der Waals surface area (Å²) in [5.41, 5.74) is 5.37. The van der Waals surface area contributed by atoms with Gasteiger partial charge in [-0.1, -0.05) is 85.4 Å². The fourth-order valence-corrected chi connectivity index (χ4v) is 10.3. The van der Waals surface area contributed by atoms with E-state index in [9.17, 15) is 25.9 Å². The Hall–Kier alpha value is -4.50. The molecule has 9 nitrogen and oxygen atoms in total. The molecule has 0 spiro atoms. The number of thioether (sulfide) groups is 1. The minimum atomic E-state index is -4.42. The highest BCUT2D eigenvalue weighted by Crippen LogP contribution is 2.51. The van der Waals surface area contributed by atoms with Gasteiger partial charge in [-0.15, -0.1) is 11.3 Å². The summed E-state index contributed by atoms with van der Waals surface area (Å²) in [5.74, 6) is -0.459. The SMILES string of the molecule is CCC(/C=C1\Sc2ccc3c(ccc4ccccc43)c2N1CCCS(=O)(=O)[O-])=C\c1oc2ccc(-c3csc4ccccc34)cc2[n+]1CCCS(=O)(=O)[O-]. The number of anilines is 1. The van der Waals surface area contributed by atoms with Crippen molar-refractivity contribution in [3.63, 3.8) is 0 Å². The van der Waals surface area contributed by atoms with Gasteiger partial charge < -0.3 is 18.4 Å². The van der Waals surface area contributed by atoms with Gasteiger partial charge >= 0.3 is 5.89 Å². The van der Waals surface area contributed by atoms with Crippen LogP contribution >= 0.6 is 23.1 Å². The minimum absolute atomic E-state index is 0.115. The zero-order valence-corrected chi connectivity index (χ0v) is 32.5. The number of benzene rings is 5. The molecular weight excluding hydrogens is 761 g/mol. The number of thiophene rings is 1. The van der Waals surface area contributed by atoms with Crippen LogP contribution in [-0.2, 0) is 26.8 Å². The van der Waals surface area contributed by atoms with Gasteiger partial charge in [0.1, 0.15) is 0 Å². The van der Waals surface area contributed by atoms with Crippen LogP contribution in [0.4, 0.5) is 5.69 Å². The van der Waals surface area contributed by atoms with Crippen molar-refractivity contribution in [2.24, 2.45) is 0 Å². The van der Waals surface area contributed by atoms with Crippen molar-refractivity contribution < 1.29 is 34.9 Å². The van der Waals surface area contributed by atoms with E-state index in [0.717, 1.165) is 64.8 Å². The topological polar surface area (TPSA) is 135 Å². The number of fused-ring (bicyclic) bond motifs is 7. The van der Waals surface area contributed by atoms with Gasteiger partial charge in [-0.3, -0.25) is 0 Å². The molecule has 1 aliphatic heterocycles. The molecule has 0 saturated carbocycles. The van der Waals surface area contributed by atoms with Crippen molar-refractivity contribution in [1.82, 2.24) is 0 Å². The van der Waals surface area contributed by atoms with Crippen molar-refractivity contribution >= 4 is 97.8 Å². The lowest BCUT2D eigenvalue weighted by Gasteiger charge is -2.23. The summed E-state index contributed by atoms with van der Waals surface area (Å²) in [5, 5.41) is 8.51. The summed E-state index contributed by atoms with van der Waals surface area (Å²) in [6.45, 7) is 2.60. The summed E-state index contributed by atoms with van der Waals surface area (Å²) in [4.78, 5) is 3.13. The van der Waals surface area contributed by atoms with Crippen LogP contribution in [0.5, 0.6) is 0 Å². The summed E-state index contributed by atoms with van der Waals surface area (Å²) >= 11 is 3.25. The molecule has 1 aliphatic rings. The van der Waals surface area contributed by atoms with Crippen molar-refractivity contribution in [3.8, 4) is 11.1 Å². The predicted molar refractivity (Wildman–Crippen MR) is 217 cm³/mol. The highest BCUT2D eigenvalue weighted by molar-refractivity contribution is 8.03. The van der Waals surface area contributed by atoms with Crippen LogP contribution in [-0.4, -0.2) is 44.0 Å². The van der Waals surface area contributed by atoms with Crippen molar-refractivity contribution in [2.45, 2.75) is 37.6 Å². The van der Waals surface area contributed by atoms with E-state index < -0.39 is 31.7 Å². The Balaban J connectivity index is 1.22. The normalized spacial score (nSPS) is 14.7. The quantitative estimate of drug-likeness (QED) is 0.0675. The maximum absolute atomic E-state index is 11.6. The highest BCUT2D eigenvalue weighted by Gasteiger charge is 2.29. The smallest absolute Gasteiger partial charge is 0.374 e. The van der Waals surface area contributed by atoms with E-state index in [2.05, 4.69) is 64.9 Å². The Kier molecular flexibility index (Phi) is 9.88. The molecule has 0 atom stereocenters. The second-order valence-corrected chi connectivity index (χ2v) is 18.3. The van der Waals surface area contributed by atoms with Gasteiger partial charge in [0.15, 0.2) is 6.54 Å². The van der Waals surface area contributed by atoms with Gasteiger partial charge in [0.2, 0.25) is 5.58 Å². The molecule has 5 aromatic carbocycles. The molecule has 0 fully saturated rings. The summed E-state index contributed by atoms with van der Waals surface area (Å²) < 4.78 is 79.2. The number of aromatic nitrogens is 1. The van der Waals surface area contributed by atoms with Crippen molar-refractivity contribution in [3.05, 3.63) is 119 Å². The first-order chi connectivity index (χ1) is 26.0. The molecule has 0 saturated heterocycles. The summed E-state index contributed by atoms with van der Waals surface area (Å²) in [6.07, 6.45) is 4.89. The molecule has 0 radical (unpaired) electrons. The van der Waals surface area contributed by atoms with Crippen LogP contribution in [0.1, 0.15) is 32.1 Å². The molecular formula is C41H35N2O7S4-. The minimum Gasteiger partial charge on any atom is -0.748 e. The lowest BCUT2D eigenvalue weighted by atomic mass is 10.0. The number of nitrogens with zero attached hydrogens (tertiary/aromatic N) is 2. The van der Waals surface area contributed by atoms with Gasteiger partial charge in [-0.2, -0.15) is 4.57 Å². The number of aryl methyl sites for hydroxylation is 1. The number of allylic oxidation sites excluding steroid dienone is 2. The Bertz CT molecular complexity index is 2870. The Morgan fingerprint density at radius 2 is 1.57 bits per heavy atom. The monoisotopic (exact) mass is 795 g/mol. The molecule has 3 heterocycles. The van der Waals surface area contributed by atoms with Crippen molar-refractivity contribution in [1.29, 1.82) is 0 Å². The number of rotatable bonds is 12. The molecule has 13 heteroatoms. The van der Waals surface area contributed by atoms with E-state index in [-0.39, 0.29) is 19.4 Å². The first-order valence-corrected chi connectivity index (χ1v) is 22.4. The second-order valence-electron chi connectivity index (χ2n) is 13.3. The maximum Gasteiger partial charge on any atom is 0.374 e. The van der Waals surface area contributed by atoms with Crippen LogP contribution < -0.4 is 9.47 Å². The second kappa shape index (κ2) is 14.6. The Labute approximate surface area is 321 Å². The van der Waals surface area contributed by atoms with Gasteiger partial charge in [0, 0.05) is 56.5 Å². The van der Waals surface area contributed by atoms with Crippen LogP contribution in [0.25, 0.3) is 59.9 Å². The molecule has 0 aliphatic carbocycles. The third-order valence-corrected chi connectivity index (χ3v) is 13.3. The molecule has 7 aromatic rings. The number of oxazole rings is 1. The third kappa shape index (κ3) is 7.44. The zero-order valence-electron chi connectivity index (χ0n) is 29.2. The molecule has 0 N–H and O–H groups in total. The Morgan fingerprint density at radius 1 is 0.833 bits per heavy atom. The van der Waals surface area contributed by atoms with Gasteiger partial charge in [-0.05, 0) is 69.8 Å². The first-order valence-electron chi connectivity index (χ1n) is 17.6. The van der Waals surface area contributed by atoms with E-state index in [4.69, 9.17) is 4.42 Å². The molecule has 0 unspecified atom stereocenters. The van der Waals surface area contributed by atoms with Crippen LogP contribution in [0.3, 0.4) is 0 Å². The molecule has 2 aromatic heterocycles. The predicted octanol–water partition coefficient (Wildman–Crippen LogP) is 9.03. The number of hydrogen-bond acceptors (Lipinski definition) is 10. The van der Waals surface area contributed by atoms with E-state index in [1.807, 2.05) is 60.0 Å². The Morgan fingerprint density at radius 3 is 2.37 bits per heavy atom. The summed E-state index contributed by atoms with van der Waals surface area (Å²) in [7, 11) is -8.81. The molecule has 276 valence electrons. The summed E-state index contributed by atoms with van der Waals surface area (Å²) in [6, 6.07) is 30.8. The number of hydrogen-bond donors (Lipinski definition) is 0. The van der Waals surface area contributed by atoms with Crippen LogP contribution in [0.2, 0.25) is 0 Å². The van der Waals surface area contributed by atoms with Crippen LogP contribution in [0, 0.1) is 0 Å². The standard InChI is InChI=1S/C41H36N2O7S4/c1-2-27(24-40-43(20-8-22-54(47,48)49)41-33-15-13-28-9-3-4-10-30(28)31(33)16-18-38(41)52-40)23-39-42(19-7-21-53(44,45)46)35-25-29(14-17-36(35)50-39)34-26-51-37-12-6-5-11-32(34)37/h3-6,9-18,23-26H,2,7-8,19-22H2,1H3,(H-,44,45,46,47,48,49)/p-1. The zero-order chi connectivity index (χ0) is 37.6. The van der Waals surface area contributed by atoms with Gasteiger partial charge in [-0.25, -0.2) is 16.8 Å². The largest absolute Gasteiger partial charge is 0.748 e. The fourth-order valence-electron chi connectivity index (χ4n) is 7.19. The molecule has 0 bridgehead atoms. The van der Waals surface area contributed by atoms with Crippen molar-refractivity contribution in [2.75, 3.05) is 23.0 Å². The molecule has 0 amide bonds. The third-order valence-electron chi connectivity index (χ3n) is 9.71. The maximum atomic E-state index is 11.6. The fraction of sp³-hybridized carbons (Fsp3) is 0.195. The van der Waals surface area contributed by atoms with Gasteiger partial charge in [0.05, 0.1) is 37.0 Å². The van der Waals surface area contributed by atoms with E-state index in [1.54, 1.807) is 23.1 Å². The average molecular weight is 796 g/mol. The van der Waals surface area contributed by atoms with E-state index in [0.29, 0.717) is 24.4 Å². The average Bonchev–Trinajstić information content (AvgIpc) is 3.83. The molecule has 54 heavy (non-hydrogen) atoms. The van der Waals surface area contributed by atoms with Gasteiger partial charge in [0.25, 0.3) is 5.52 Å². The van der Waals surface area contributed by atoms with E-state index in [1.165, 1.54) is 4.70 Å². The highest BCUT2D eigenvalue weighted by atomic mass is 32.2. The van der Waals surface area contributed by atoms with E-state index >= 15 is 0 Å². The lowest BCUT2D eigenvalue weighted by Crippen LogP contribution is -2.36. The van der Waals surface area contributed by atoms with Crippen LogP contribution in [0.15, 0.2) is 122 Å². The first kappa shape index (κ1) is 36.5. The molecule has 8 rings (SSSR count). The lowest BCUT2D eigenvalue weighted by molar-refractivity contribution is -0.677.